The average Bonchev–Trinajstić information content (AvgIpc) is 3.12. The molecule has 0 radical (unpaired) electrons. The molecule has 26 heavy (non-hydrogen) atoms. The molecule has 0 fully saturated rings. The fourth-order valence-corrected chi connectivity index (χ4v) is 7.94. The summed E-state index contributed by atoms with van der Waals surface area (Å²) in [5, 5.41) is 3.67. The van der Waals surface area contributed by atoms with Crippen molar-refractivity contribution in [3.63, 3.8) is 0 Å². The van der Waals surface area contributed by atoms with Gasteiger partial charge in [-0.25, -0.2) is 0 Å². The second kappa shape index (κ2) is 7.99. The standard InChI is InChI=1S/C23H27OP2/c1-18(21-16-11-17-22(21)26(24)23(2,3)4)25(19-12-7-5-8-13-19)20-14-9-6-10-15-20/h5-18,21H,1-4H3/q+1/t18-,21?/m0/s1. The maximum atomic E-state index is 13.1. The Kier molecular flexibility index (Phi) is 5.91. The summed E-state index contributed by atoms with van der Waals surface area (Å²) in [7, 11) is -1.93. The second-order valence-corrected chi connectivity index (χ2v) is 12.8. The highest BCUT2D eigenvalue weighted by atomic mass is 31.1. The van der Waals surface area contributed by atoms with Gasteiger partial charge < -0.3 is 0 Å². The summed E-state index contributed by atoms with van der Waals surface area (Å²) >= 11 is 0. The van der Waals surface area contributed by atoms with Gasteiger partial charge in [0.2, 0.25) is 0 Å². The number of hydrogen-bond acceptors (Lipinski definition) is 1. The van der Waals surface area contributed by atoms with Gasteiger partial charge in [-0.2, -0.15) is 0 Å². The monoisotopic (exact) mass is 381 g/mol. The largest absolute Gasteiger partial charge is 0.378 e. The Morgan fingerprint density at radius 1 is 0.923 bits per heavy atom. The second-order valence-electron chi connectivity index (χ2n) is 7.75. The lowest BCUT2D eigenvalue weighted by atomic mass is 10.1. The van der Waals surface area contributed by atoms with Gasteiger partial charge in [-0.3, -0.25) is 0 Å². The molecule has 134 valence electrons. The molecule has 0 bridgehead atoms. The van der Waals surface area contributed by atoms with E-state index in [1.54, 1.807) is 0 Å². The molecule has 2 aromatic carbocycles. The van der Waals surface area contributed by atoms with Crippen LogP contribution in [0.15, 0.2) is 84.2 Å². The van der Waals surface area contributed by atoms with Gasteiger partial charge in [-0.15, -0.1) is 0 Å². The van der Waals surface area contributed by atoms with E-state index in [1.807, 2.05) is 0 Å². The zero-order chi connectivity index (χ0) is 18.7. The van der Waals surface area contributed by atoms with Crippen LogP contribution in [0.4, 0.5) is 0 Å². The van der Waals surface area contributed by atoms with Crippen LogP contribution < -0.4 is 10.6 Å². The third kappa shape index (κ3) is 4.06. The van der Waals surface area contributed by atoms with Crippen molar-refractivity contribution in [3.05, 3.63) is 84.2 Å². The van der Waals surface area contributed by atoms with E-state index in [0.29, 0.717) is 5.66 Å². The Morgan fingerprint density at radius 3 is 1.88 bits per heavy atom. The lowest BCUT2D eigenvalue weighted by molar-refractivity contribution is 0.565. The summed E-state index contributed by atoms with van der Waals surface area (Å²) in [6.07, 6.45) is 6.44. The Hall–Kier alpha value is -1.55. The highest BCUT2D eigenvalue weighted by molar-refractivity contribution is 7.73. The molecule has 0 saturated heterocycles. The summed E-state index contributed by atoms with van der Waals surface area (Å²) < 4.78 is 13.1. The van der Waals surface area contributed by atoms with E-state index in [9.17, 15) is 4.57 Å². The van der Waals surface area contributed by atoms with Crippen molar-refractivity contribution in [2.24, 2.45) is 5.92 Å². The molecule has 0 amide bonds. The van der Waals surface area contributed by atoms with E-state index in [-0.39, 0.29) is 11.1 Å². The van der Waals surface area contributed by atoms with Crippen LogP contribution >= 0.6 is 15.7 Å². The highest BCUT2D eigenvalue weighted by Crippen LogP contribution is 2.55. The van der Waals surface area contributed by atoms with Crippen LogP contribution in [0.25, 0.3) is 0 Å². The average molecular weight is 381 g/mol. The predicted molar refractivity (Wildman–Crippen MR) is 117 cm³/mol. The molecular weight excluding hydrogens is 354 g/mol. The Morgan fingerprint density at radius 2 is 1.42 bits per heavy atom. The van der Waals surface area contributed by atoms with Gasteiger partial charge in [-0.05, 0) is 51.0 Å². The third-order valence-corrected chi connectivity index (χ3v) is 9.75. The number of allylic oxidation sites excluding steroid dienone is 4. The van der Waals surface area contributed by atoms with Crippen LogP contribution in [0.2, 0.25) is 0 Å². The molecule has 0 aromatic heterocycles. The fraction of sp³-hybridized carbons (Fsp3) is 0.304. The SMILES string of the molecule is C[C@@H](C1C=CC=C1[P+](=O)C(C)(C)C)P(c1ccccc1)c1ccccc1. The maximum absolute atomic E-state index is 13.1. The maximum Gasteiger partial charge on any atom is 0.378 e. The minimum absolute atomic E-state index is 0.201. The molecule has 1 aliphatic rings. The summed E-state index contributed by atoms with van der Waals surface area (Å²) in [6, 6.07) is 21.6. The van der Waals surface area contributed by atoms with Crippen molar-refractivity contribution in [1.82, 2.24) is 0 Å². The molecule has 0 N–H and O–H groups in total. The molecule has 0 heterocycles. The van der Waals surface area contributed by atoms with Crippen molar-refractivity contribution in [3.8, 4) is 0 Å². The fourth-order valence-electron chi connectivity index (χ4n) is 3.44. The minimum atomic E-state index is -1.40. The molecular formula is C23H27OP2+. The van der Waals surface area contributed by atoms with Gasteiger partial charge >= 0.3 is 7.80 Å². The van der Waals surface area contributed by atoms with E-state index >= 15 is 0 Å². The van der Waals surface area contributed by atoms with Crippen molar-refractivity contribution in [2.45, 2.75) is 38.5 Å². The normalized spacial score (nSPS) is 18.7. The summed E-state index contributed by atoms with van der Waals surface area (Å²) in [6.45, 7) is 8.54. The van der Waals surface area contributed by atoms with Gasteiger partial charge in [0.1, 0.15) is 0 Å². The minimum Gasteiger partial charge on any atom is -0.0723 e. The first-order valence-corrected chi connectivity index (χ1v) is 11.8. The van der Waals surface area contributed by atoms with Crippen molar-refractivity contribution >= 4 is 26.3 Å². The number of rotatable bonds is 5. The highest BCUT2D eigenvalue weighted by Gasteiger charge is 2.45. The molecule has 0 aliphatic heterocycles. The van der Waals surface area contributed by atoms with E-state index in [0.717, 1.165) is 5.31 Å². The Labute approximate surface area is 159 Å². The molecule has 3 rings (SSSR count). The van der Waals surface area contributed by atoms with Gasteiger partial charge in [0.25, 0.3) is 0 Å². The van der Waals surface area contributed by atoms with E-state index in [1.165, 1.54) is 10.6 Å². The Bertz CT molecular complexity index is 777. The van der Waals surface area contributed by atoms with Crippen LogP contribution in [0.1, 0.15) is 27.7 Å². The first-order chi connectivity index (χ1) is 12.4. The zero-order valence-corrected chi connectivity index (χ0v) is 17.8. The molecule has 0 saturated carbocycles. The summed E-state index contributed by atoms with van der Waals surface area (Å²) in [5.74, 6) is 0.240. The number of hydrogen-bond donors (Lipinski definition) is 0. The van der Waals surface area contributed by atoms with Gasteiger partial charge in [0.15, 0.2) is 10.5 Å². The van der Waals surface area contributed by atoms with Gasteiger partial charge in [-0.1, -0.05) is 84.3 Å². The van der Waals surface area contributed by atoms with Crippen LogP contribution in [-0.2, 0) is 4.57 Å². The van der Waals surface area contributed by atoms with Gasteiger partial charge in [0.05, 0.1) is 5.92 Å². The molecule has 1 aliphatic carbocycles. The quantitative estimate of drug-likeness (QED) is 0.563. The number of benzene rings is 2. The van der Waals surface area contributed by atoms with Crippen LogP contribution in [0.5, 0.6) is 0 Å². The predicted octanol–water partition coefficient (Wildman–Crippen LogP) is 6.20. The molecule has 2 aromatic rings. The van der Waals surface area contributed by atoms with E-state index in [2.05, 4.69) is 107 Å². The first-order valence-electron chi connectivity index (χ1n) is 9.14. The Balaban J connectivity index is 1.99. The smallest absolute Gasteiger partial charge is 0.0723 e. The molecule has 2 unspecified atom stereocenters. The molecule has 0 spiro atoms. The van der Waals surface area contributed by atoms with Crippen molar-refractivity contribution < 1.29 is 4.57 Å². The van der Waals surface area contributed by atoms with Crippen LogP contribution in [0, 0.1) is 5.92 Å². The lowest BCUT2D eigenvalue weighted by Gasteiger charge is -2.29. The van der Waals surface area contributed by atoms with E-state index < -0.39 is 15.7 Å². The van der Waals surface area contributed by atoms with Crippen molar-refractivity contribution in [1.29, 1.82) is 0 Å². The molecule has 3 heteroatoms. The van der Waals surface area contributed by atoms with Crippen LogP contribution in [0.3, 0.4) is 0 Å². The zero-order valence-electron chi connectivity index (χ0n) is 16.0. The van der Waals surface area contributed by atoms with E-state index in [4.69, 9.17) is 0 Å². The van der Waals surface area contributed by atoms with Crippen molar-refractivity contribution in [2.75, 3.05) is 0 Å². The summed E-state index contributed by atoms with van der Waals surface area (Å²) in [5.41, 5.74) is 0.390. The first kappa shape index (κ1) is 19.2. The molecule has 1 nitrogen and oxygen atoms in total. The third-order valence-electron chi connectivity index (χ3n) is 4.77. The van der Waals surface area contributed by atoms with Crippen LogP contribution in [-0.4, -0.2) is 10.8 Å². The van der Waals surface area contributed by atoms with Gasteiger partial charge in [0, 0.05) is 0 Å². The topological polar surface area (TPSA) is 17.1 Å². The summed E-state index contributed by atoms with van der Waals surface area (Å²) in [4.78, 5) is 0. The lowest BCUT2D eigenvalue weighted by Crippen LogP contribution is -2.26. The molecule has 3 atom stereocenters.